The Morgan fingerprint density at radius 2 is 1.91 bits per heavy atom. The van der Waals surface area contributed by atoms with Gasteiger partial charge in [-0.3, -0.25) is 4.79 Å². The van der Waals surface area contributed by atoms with E-state index in [1.54, 1.807) is 18.2 Å². The van der Waals surface area contributed by atoms with E-state index in [1.807, 2.05) is 0 Å². The van der Waals surface area contributed by atoms with Crippen molar-refractivity contribution in [2.24, 2.45) is 5.73 Å². The molecule has 1 aromatic rings. The number of ether oxygens (including phenoxy) is 1. The van der Waals surface area contributed by atoms with Crippen molar-refractivity contribution in [1.29, 1.82) is 0 Å². The summed E-state index contributed by atoms with van der Waals surface area (Å²) < 4.78 is 29.1. The second-order valence-corrected chi connectivity index (χ2v) is 5.39. The van der Waals surface area contributed by atoms with Gasteiger partial charge in [0.05, 0.1) is 5.54 Å². The highest BCUT2D eigenvalue weighted by Gasteiger charge is 2.35. The van der Waals surface area contributed by atoms with E-state index in [0.717, 1.165) is 19.3 Å². The number of carbonyl (C=O) groups excluding carboxylic acids is 1. The molecule has 0 bridgehead atoms. The number of nitrogens with two attached hydrogens (primary N) is 1. The van der Waals surface area contributed by atoms with Crippen LogP contribution >= 0.6 is 12.4 Å². The largest absolute Gasteiger partial charge is 0.434 e. The van der Waals surface area contributed by atoms with Gasteiger partial charge in [0.15, 0.2) is 0 Å². The first-order chi connectivity index (χ1) is 10.0. The van der Waals surface area contributed by atoms with Crippen LogP contribution in [-0.4, -0.2) is 18.1 Å². The summed E-state index contributed by atoms with van der Waals surface area (Å²) in [5.41, 5.74) is 5.79. The van der Waals surface area contributed by atoms with Gasteiger partial charge in [-0.25, -0.2) is 0 Å². The first-order valence-electron chi connectivity index (χ1n) is 7.11. The maximum absolute atomic E-state index is 12.3. The van der Waals surface area contributed by atoms with Crippen LogP contribution < -0.4 is 15.8 Å². The fourth-order valence-electron chi connectivity index (χ4n) is 2.62. The highest BCUT2D eigenvalue weighted by atomic mass is 35.5. The van der Waals surface area contributed by atoms with E-state index in [4.69, 9.17) is 5.73 Å². The summed E-state index contributed by atoms with van der Waals surface area (Å²) >= 11 is 0. The molecule has 7 heteroatoms. The predicted molar refractivity (Wildman–Crippen MR) is 82.2 cm³/mol. The molecule has 3 N–H and O–H groups in total. The van der Waals surface area contributed by atoms with Gasteiger partial charge in [-0.15, -0.1) is 12.4 Å². The molecule has 1 aliphatic rings. The molecule has 0 unspecified atom stereocenters. The number of nitrogens with one attached hydrogen (secondary N) is 1. The van der Waals surface area contributed by atoms with Gasteiger partial charge < -0.3 is 15.8 Å². The summed E-state index contributed by atoms with van der Waals surface area (Å²) in [4.78, 5) is 12.2. The minimum Gasteiger partial charge on any atom is -0.434 e. The maximum atomic E-state index is 12.3. The zero-order valence-electron chi connectivity index (χ0n) is 12.2. The smallest absolute Gasteiger partial charge is 0.387 e. The average Bonchev–Trinajstić information content (AvgIpc) is 2.46. The van der Waals surface area contributed by atoms with Gasteiger partial charge in [0, 0.05) is 12.1 Å². The van der Waals surface area contributed by atoms with Crippen molar-refractivity contribution in [2.75, 3.05) is 0 Å². The van der Waals surface area contributed by atoms with Crippen LogP contribution in [0.4, 0.5) is 8.78 Å². The number of hydrogen-bond acceptors (Lipinski definition) is 3. The second-order valence-electron chi connectivity index (χ2n) is 5.39. The van der Waals surface area contributed by atoms with E-state index in [9.17, 15) is 13.6 Å². The number of halogens is 3. The number of hydrogen-bond donors (Lipinski definition) is 2. The molecule has 0 heterocycles. The van der Waals surface area contributed by atoms with Gasteiger partial charge in [0.1, 0.15) is 5.75 Å². The van der Waals surface area contributed by atoms with E-state index in [0.29, 0.717) is 18.4 Å². The molecule has 1 aromatic carbocycles. The molecule has 0 saturated heterocycles. The standard InChI is InChI=1S/C15H20F2N2O2.ClH/c16-14(17)21-12-7-3-2-6-11(12)10-19-13(20)15(18)8-4-1-5-9-15;/h2-3,6-7,14H,1,4-5,8-10,18H2,(H,19,20);1H. The summed E-state index contributed by atoms with van der Waals surface area (Å²) in [5.74, 6) is -0.156. The molecule has 0 aromatic heterocycles. The van der Waals surface area contributed by atoms with Crippen molar-refractivity contribution < 1.29 is 18.3 Å². The highest BCUT2D eigenvalue weighted by molar-refractivity contribution is 5.86. The van der Waals surface area contributed by atoms with Gasteiger partial charge in [-0.2, -0.15) is 8.78 Å². The molecule has 0 aliphatic heterocycles. The molecular formula is C15H21ClF2N2O2. The normalized spacial score (nSPS) is 16.7. The van der Waals surface area contributed by atoms with Crippen LogP contribution in [0.1, 0.15) is 37.7 Å². The fourth-order valence-corrected chi connectivity index (χ4v) is 2.62. The molecule has 0 spiro atoms. The van der Waals surface area contributed by atoms with E-state index < -0.39 is 12.2 Å². The Bertz CT molecular complexity index is 494. The van der Waals surface area contributed by atoms with Gasteiger partial charge in [0.25, 0.3) is 0 Å². The van der Waals surface area contributed by atoms with Gasteiger partial charge in [-0.05, 0) is 18.9 Å². The molecule has 4 nitrogen and oxygen atoms in total. The van der Waals surface area contributed by atoms with Crippen molar-refractivity contribution in [1.82, 2.24) is 5.32 Å². The first kappa shape index (κ1) is 18.6. The monoisotopic (exact) mass is 334 g/mol. The van der Waals surface area contributed by atoms with Crippen LogP contribution in [0.3, 0.4) is 0 Å². The Kier molecular flexibility index (Phi) is 7.03. The maximum Gasteiger partial charge on any atom is 0.387 e. The lowest BCUT2D eigenvalue weighted by Crippen LogP contribution is -2.54. The van der Waals surface area contributed by atoms with Crippen molar-refractivity contribution >= 4 is 18.3 Å². The van der Waals surface area contributed by atoms with E-state index >= 15 is 0 Å². The van der Waals surface area contributed by atoms with Crippen LogP contribution in [0.25, 0.3) is 0 Å². The summed E-state index contributed by atoms with van der Waals surface area (Å²) in [5, 5.41) is 2.73. The van der Waals surface area contributed by atoms with Crippen LogP contribution in [-0.2, 0) is 11.3 Å². The number of rotatable bonds is 5. The quantitative estimate of drug-likeness (QED) is 0.870. The molecule has 1 saturated carbocycles. The fraction of sp³-hybridized carbons (Fsp3) is 0.533. The molecule has 1 amide bonds. The zero-order chi connectivity index (χ0) is 15.3. The third-order valence-electron chi connectivity index (χ3n) is 3.83. The summed E-state index contributed by atoms with van der Waals surface area (Å²) in [6.07, 6.45) is 4.29. The van der Waals surface area contributed by atoms with E-state index in [1.165, 1.54) is 6.07 Å². The van der Waals surface area contributed by atoms with Crippen molar-refractivity contribution in [2.45, 2.75) is 50.8 Å². The Morgan fingerprint density at radius 3 is 2.55 bits per heavy atom. The Labute approximate surface area is 134 Å². The predicted octanol–water partition coefficient (Wildman–Crippen LogP) is 2.99. The van der Waals surface area contributed by atoms with Crippen molar-refractivity contribution in [3.05, 3.63) is 29.8 Å². The zero-order valence-corrected chi connectivity index (χ0v) is 13.0. The lowest BCUT2D eigenvalue weighted by molar-refractivity contribution is -0.127. The van der Waals surface area contributed by atoms with Crippen molar-refractivity contribution in [3.63, 3.8) is 0 Å². The molecule has 1 fully saturated rings. The first-order valence-corrected chi connectivity index (χ1v) is 7.11. The van der Waals surface area contributed by atoms with E-state index in [-0.39, 0.29) is 30.6 Å². The van der Waals surface area contributed by atoms with Crippen molar-refractivity contribution in [3.8, 4) is 5.75 Å². The molecule has 124 valence electrons. The number of para-hydroxylation sites is 1. The topological polar surface area (TPSA) is 64.4 Å². The minimum atomic E-state index is -2.89. The molecule has 1 aliphatic carbocycles. The van der Waals surface area contributed by atoms with Crippen LogP contribution in [0.5, 0.6) is 5.75 Å². The van der Waals surface area contributed by atoms with Gasteiger partial charge >= 0.3 is 6.61 Å². The molecule has 0 radical (unpaired) electrons. The minimum absolute atomic E-state index is 0. The lowest BCUT2D eigenvalue weighted by Gasteiger charge is -2.31. The van der Waals surface area contributed by atoms with Gasteiger partial charge in [0.2, 0.25) is 5.91 Å². The highest BCUT2D eigenvalue weighted by Crippen LogP contribution is 2.26. The second kappa shape index (κ2) is 8.29. The molecule has 22 heavy (non-hydrogen) atoms. The Hall–Kier alpha value is -1.40. The summed E-state index contributed by atoms with van der Waals surface area (Å²) in [6.45, 7) is -2.76. The number of carbonyl (C=O) groups is 1. The SMILES string of the molecule is Cl.NC1(C(=O)NCc2ccccc2OC(F)F)CCCCC1. The Balaban J connectivity index is 0.00000242. The number of benzene rings is 1. The third-order valence-corrected chi connectivity index (χ3v) is 3.83. The van der Waals surface area contributed by atoms with E-state index in [2.05, 4.69) is 10.1 Å². The summed E-state index contributed by atoms with van der Waals surface area (Å²) in [7, 11) is 0. The van der Waals surface area contributed by atoms with Crippen LogP contribution in [0.15, 0.2) is 24.3 Å². The molecule has 0 atom stereocenters. The average molecular weight is 335 g/mol. The van der Waals surface area contributed by atoms with Gasteiger partial charge in [-0.1, -0.05) is 37.5 Å². The third kappa shape index (κ3) is 4.81. The van der Waals surface area contributed by atoms with Crippen LogP contribution in [0, 0.1) is 0 Å². The lowest BCUT2D eigenvalue weighted by atomic mass is 9.82. The summed E-state index contributed by atoms with van der Waals surface area (Å²) in [6, 6.07) is 6.40. The number of alkyl halides is 2. The number of amides is 1. The molecular weight excluding hydrogens is 314 g/mol. The molecule has 2 rings (SSSR count). The van der Waals surface area contributed by atoms with Crippen LogP contribution in [0.2, 0.25) is 0 Å². The Morgan fingerprint density at radius 1 is 1.27 bits per heavy atom.